The van der Waals surface area contributed by atoms with Gasteiger partial charge in [0.15, 0.2) is 0 Å². The zero-order chi connectivity index (χ0) is 11.2. The molecule has 1 aliphatic heterocycles. The Morgan fingerprint density at radius 1 is 1.06 bits per heavy atom. The summed E-state index contributed by atoms with van der Waals surface area (Å²) in [5.74, 6) is 1.93. The van der Waals surface area contributed by atoms with Gasteiger partial charge in [0.1, 0.15) is 0 Å². The average molecular weight is 225 g/mol. The third-order valence-corrected chi connectivity index (χ3v) is 4.30. The largest absolute Gasteiger partial charge is 0.377 e. The van der Waals surface area contributed by atoms with Crippen LogP contribution in [0.15, 0.2) is 0 Å². The van der Waals surface area contributed by atoms with Crippen LogP contribution in [-0.2, 0) is 4.74 Å². The fourth-order valence-electron chi connectivity index (χ4n) is 3.21. The number of rotatable bonds is 5. The van der Waals surface area contributed by atoms with Gasteiger partial charge in [-0.05, 0) is 44.1 Å². The molecule has 1 saturated carbocycles. The Labute approximate surface area is 100 Å². The van der Waals surface area contributed by atoms with Gasteiger partial charge < -0.3 is 10.1 Å². The normalized spacial score (nSPS) is 35.4. The van der Waals surface area contributed by atoms with E-state index in [0.717, 1.165) is 25.0 Å². The van der Waals surface area contributed by atoms with E-state index in [1.807, 2.05) is 0 Å². The second kappa shape index (κ2) is 6.61. The predicted octanol–water partition coefficient (Wildman–Crippen LogP) is 2.97. The fraction of sp³-hybridized carbons (Fsp3) is 1.00. The van der Waals surface area contributed by atoms with E-state index in [-0.39, 0.29) is 0 Å². The summed E-state index contributed by atoms with van der Waals surface area (Å²) in [7, 11) is 0. The predicted molar refractivity (Wildman–Crippen MR) is 67.6 cm³/mol. The molecule has 2 rings (SSSR count). The van der Waals surface area contributed by atoms with Crippen molar-refractivity contribution in [2.24, 2.45) is 11.8 Å². The van der Waals surface area contributed by atoms with Crippen LogP contribution in [0.2, 0.25) is 0 Å². The number of hydrogen-bond acceptors (Lipinski definition) is 2. The lowest BCUT2D eigenvalue weighted by molar-refractivity contribution is 0.108. The lowest BCUT2D eigenvalue weighted by atomic mass is 9.80. The highest BCUT2D eigenvalue weighted by Gasteiger charge is 2.21. The molecular weight excluding hydrogens is 198 g/mol. The van der Waals surface area contributed by atoms with Crippen LogP contribution in [-0.4, -0.2) is 25.8 Å². The summed E-state index contributed by atoms with van der Waals surface area (Å²) in [6, 6.07) is 0. The van der Waals surface area contributed by atoms with E-state index in [4.69, 9.17) is 4.74 Å². The second-order valence-electron chi connectivity index (χ2n) is 5.60. The summed E-state index contributed by atoms with van der Waals surface area (Å²) in [6.45, 7) is 5.62. The molecule has 16 heavy (non-hydrogen) atoms. The molecule has 0 aromatic heterocycles. The van der Waals surface area contributed by atoms with E-state index >= 15 is 0 Å². The maximum Gasteiger partial charge on any atom is 0.0700 e. The van der Waals surface area contributed by atoms with Gasteiger partial charge in [0.2, 0.25) is 0 Å². The smallest absolute Gasteiger partial charge is 0.0700 e. The molecule has 0 aromatic rings. The molecule has 1 heterocycles. The van der Waals surface area contributed by atoms with Gasteiger partial charge in [0.25, 0.3) is 0 Å². The van der Waals surface area contributed by atoms with Crippen LogP contribution in [0.1, 0.15) is 51.9 Å². The average Bonchev–Trinajstić information content (AvgIpc) is 2.82. The van der Waals surface area contributed by atoms with Gasteiger partial charge >= 0.3 is 0 Å². The van der Waals surface area contributed by atoms with Crippen LogP contribution in [0.4, 0.5) is 0 Å². The summed E-state index contributed by atoms with van der Waals surface area (Å²) in [4.78, 5) is 0. The lowest BCUT2D eigenvalue weighted by Gasteiger charge is -2.28. The molecular formula is C14H27NO. The van der Waals surface area contributed by atoms with E-state index in [0.29, 0.717) is 6.10 Å². The van der Waals surface area contributed by atoms with Crippen molar-refractivity contribution < 1.29 is 4.74 Å². The summed E-state index contributed by atoms with van der Waals surface area (Å²) < 4.78 is 5.62. The van der Waals surface area contributed by atoms with Crippen molar-refractivity contribution in [2.75, 3.05) is 19.7 Å². The summed E-state index contributed by atoms with van der Waals surface area (Å²) in [6.07, 6.45) is 10.2. The van der Waals surface area contributed by atoms with Crippen molar-refractivity contribution in [3.63, 3.8) is 0 Å². The summed E-state index contributed by atoms with van der Waals surface area (Å²) >= 11 is 0. The molecule has 1 aliphatic carbocycles. The Morgan fingerprint density at radius 2 is 1.94 bits per heavy atom. The number of ether oxygens (including phenoxy) is 1. The zero-order valence-corrected chi connectivity index (χ0v) is 10.7. The highest BCUT2D eigenvalue weighted by Crippen LogP contribution is 2.30. The molecule has 0 bridgehead atoms. The number of hydrogen-bond donors (Lipinski definition) is 1. The molecule has 2 nitrogen and oxygen atoms in total. The molecule has 0 aromatic carbocycles. The standard InChI is InChI=1S/C14H27NO/c1-2-12-5-3-6-13(9-12)10-15-11-14-7-4-8-16-14/h12-15H,2-11H2,1H3. The minimum atomic E-state index is 0.505. The van der Waals surface area contributed by atoms with E-state index in [1.54, 1.807) is 0 Å². The van der Waals surface area contributed by atoms with Crippen molar-refractivity contribution in [3.05, 3.63) is 0 Å². The van der Waals surface area contributed by atoms with Gasteiger partial charge in [0.05, 0.1) is 6.10 Å². The quantitative estimate of drug-likeness (QED) is 0.776. The topological polar surface area (TPSA) is 21.3 Å². The van der Waals surface area contributed by atoms with E-state index in [9.17, 15) is 0 Å². The molecule has 1 saturated heterocycles. The van der Waals surface area contributed by atoms with Crippen LogP contribution >= 0.6 is 0 Å². The highest BCUT2D eigenvalue weighted by atomic mass is 16.5. The first-order valence-electron chi connectivity index (χ1n) is 7.20. The van der Waals surface area contributed by atoms with Gasteiger partial charge in [-0.1, -0.05) is 26.2 Å². The Hall–Kier alpha value is -0.0800. The van der Waals surface area contributed by atoms with Gasteiger partial charge in [0, 0.05) is 13.2 Å². The Morgan fingerprint density at radius 3 is 2.69 bits per heavy atom. The minimum absolute atomic E-state index is 0.505. The second-order valence-corrected chi connectivity index (χ2v) is 5.60. The van der Waals surface area contributed by atoms with Crippen LogP contribution in [0, 0.1) is 11.8 Å². The van der Waals surface area contributed by atoms with Crippen LogP contribution in [0.5, 0.6) is 0 Å². The van der Waals surface area contributed by atoms with Crippen LogP contribution in [0.25, 0.3) is 0 Å². The lowest BCUT2D eigenvalue weighted by Crippen LogP contribution is -2.32. The van der Waals surface area contributed by atoms with E-state index in [2.05, 4.69) is 12.2 Å². The first-order chi connectivity index (χ1) is 7.88. The molecule has 2 fully saturated rings. The van der Waals surface area contributed by atoms with Crippen LogP contribution < -0.4 is 5.32 Å². The molecule has 2 aliphatic rings. The van der Waals surface area contributed by atoms with Gasteiger partial charge in [-0.25, -0.2) is 0 Å². The summed E-state index contributed by atoms with van der Waals surface area (Å²) in [5.41, 5.74) is 0. The van der Waals surface area contributed by atoms with Crippen molar-refractivity contribution in [3.8, 4) is 0 Å². The third-order valence-electron chi connectivity index (χ3n) is 4.30. The Balaban J connectivity index is 1.58. The molecule has 0 spiro atoms. The first kappa shape index (κ1) is 12.4. The molecule has 1 N–H and O–H groups in total. The monoisotopic (exact) mass is 225 g/mol. The SMILES string of the molecule is CCC1CCCC(CNCC2CCCO2)C1. The van der Waals surface area contributed by atoms with Crippen molar-refractivity contribution in [1.82, 2.24) is 5.32 Å². The molecule has 3 unspecified atom stereocenters. The zero-order valence-electron chi connectivity index (χ0n) is 10.7. The summed E-state index contributed by atoms with van der Waals surface area (Å²) in [5, 5.41) is 3.62. The van der Waals surface area contributed by atoms with E-state index < -0.39 is 0 Å². The van der Waals surface area contributed by atoms with Crippen LogP contribution in [0.3, 0.4) is 0 Å². The maximum absolute atomic E-state index is 5.62. The van der Waals surface area contributed by atoms with Gasteiger partial charge in [-0.15, -0.1) is 0 Å². The minimum Gasteiger partial charge on any atom is -0.377 e. The molecule has 0 radical (unpaired) electrons. The first-order valence-corrected chi connectivity index (χ1v) is 7.20. The number of nitrogens with one attached hydrogen (secondary N) is 1. The molecule has 2 heteroatoms. The molecule has 3 atom stereocenters. The fourth-order valence-corrected chi connectivity index (χ4v) is 3.21. The molecule has 94 valence electrons. The van der Waals surface area contributed by atoms with Crippen molar-refractivity contribution in [1.29, 1.82) is 0 Å². The highest BCUT2D eigenvalue weighted by molar-refractivity contribution is 4.75. The van der Waals surface area contributed by atoms with Gasteiger partial charge in [-0.2, -0.15) is 0 Å². The van der Waals surface area contributed by atoms with Gasteiger partial charge in [-0.3, -0.25) is 0 Å². The molecule has 0 amide bonds. The van der Waals surface area contributed by atoms with Crippen molar-refractivity contribution in [2.45, 2.75) is 58.0 Å². The van der Waals surface area contributed by atoms with Crippen molar-refractivity contribution >= 4 is 0 Å². The third kappa shape index (κ3) is 3.74. The maximum atomic E-state index is 5.62. The van der Waals surface area contributed by atoms with E-state index in [1.165, 1.54) is 51.5 Å². The Bertz CT molecular complexity index is 189. The Kier molecular flexibility index (Phi) is 5.11.